The number of esters is 1. The molecule has 4 heteroatoms. The van der Waals surface area contributed by atoms with Gasteiger partial charge in [0.2, 0.25) is 6.29 Å². The van der Waals surface area contributed by atoms with Gasteiger partial charge in [-0.1, -0.05) is 32.0 Å². The monoisotopic (exact) mass is 264 g/mol. The standard InChI is InChI=1S/C15H20O4/c1-14(2,3)17-12(16)10-8-6-7-9-11(10)15(4,5)13-18-19-13/h6-9,13H,1-5H3. The molecule has 0 bridgehead atoms. The van der Waals surface area contributed by atoms with E-state index in [2.05, 4.69) is 0 Å². The van der Waals surface area contributed by atoms with Gasteiger partial charge in [-0.15, -0.1) is 0 Å². The molecule has 104 valence electrons. The smallest absolute Gasteiger partial charge is 0.338 e. The van der Waals surface area contributed by atoms with Crippen LogP contribution in [0.1, 0.15) is 50.5 Å². The van der Waals surface area contributed by atoms with Crippen molar-refractivity contribution < 1.29 is 19.3 Å². The number of hydrogen-bond acceptors (Lipinski definition) is 4. The second-order valence-corrected chi connectivity index (χ2v) is 6.29. The van der Waals surface area contributed by atoms with Crippen molar-refractivity contribution in [2.75, 3.05) is 0 Å². The van der Waals surface area contributed by atoms with E-state index in [0.717, 1.165) is 5.56 Å². The molecular formula is C15H20O4. The normalized spacial score (nSPS) is 16.3. The van der Waals surface area contributed by atoms with Gasteiger partial charge in [-0.05, 0) is 32.4 Å². The zero-order chi connectivity index (χ0) is 14.3. The topological polar surface area (TPSA) is 51.4 Å². The van der Waals surface area contributed by atoms with E-state index in [0.29, 0.717) is 5.56 Å². The zero-order valence-electron chi connectivity index (χ0n) is 12.0. The van der Waals surface area contributed by atoms with Crippen LogP contribution >= 0.6 is 0 Å². The summed E-state index contributed by atoms with van der Waals surface area (Å²) in [5.74, 6) is -0.322. The third-order valence-electron chi connectivity index (χ3n) is 3.02. The molecule has 2 rings (SSSR count). The van der Waals surface area contributed by atoms with E-state index in [4.69, 9.17) is 14.5 Å². The van der Waals surface area contributed by atoms with Crippen LogP contribution in [-0.2, 0) is 19.9 Å². The van der Waals surface area contributed by atoms with Crippen LogP contribution in [0.4, 0.5) is 0 Å². The molecule has 0 amide bonds. The second kappa shape index (κ2) is 4.62. The predicted octanol–water partition coefficient (Wildman–Crippen LogP) is 3.21. The summed E-state index contributed by atoms with van der Waals surface area (Å²) in [5, 5.41) is 0. The highest BCUT2D eigenvalue weighted by Gasteiger charge is 2.45. The van der Waals surface area contributed by atoms with Crippen LogP contribution in [0.5, 0.6) is 0 Å². The van der Waals surface area contributed by atoms with Gasteiger partial charge in [0.05, 0.1) is 5.56 Å². The Labute approximate surface area is 113 Å². The molecule has 0 aliphatic carbocycles. The molecule has 0 saturated carbocycles. The van der Waals surface area contributed by atoms with Gasteiger partial charge in [0.1, 0.15) is 5.60 Å². The lowest BCUT2D eigenvalue weighted by atomic mass is 9.81. The predicted molar refractivity (Wildman–Crippen MR) is 70.6 cm³/mol. The highest BCUT2D eigenvalue weighted by atomic mass is 17.4. The van der Waals surface area contributed by atoms with Crippen molar-refractivity contribution >= 4 is 5.97 Å². The highest BCUT2D eigenvalue weighted by molar-refractivity contribution is 5.91. The summed E-state index contributed by atoms with van der Waals surface area (Å²) in [4.78, 5) is 22.1. The number of ether oxygens (including phenoxy) is 1. The lowest BCUT2D eigenvalue weighted by Crippen LogP contribution is -2.30. The first-order valence-electron chi connectivity index (χ1n) is 6.37. The molecule has 0 atom stereocenters. The molecule has 0 aromatic heterocycles. The maximum atomic E-state index is 12.3. The SMILES string of the molecule is CC(C)(C)OC(=O)c1ccccc1C(C)(C)C1OO1. The van der Waals surface area contributed by atoms with Crippen LogP contribution in [0, 0.1) is 0 Å². The number of hydrogen-bond donors (Lipinski definition) is 0. The summed E-state index contributed by atoms with van der Waals surface area (Å²) in [6.45, 7) is 9.52. The fourth-order valence-electron chi connectivity index (χ4n) is 1.95. The Hall–Kier alpha value is -1.39. The van der Waals surface area contributed by atoms with Gasteiger partial charge in [0.25, 0.3) is 0 Å². The molecule has 19 heavy (non-hydrogen) atoms. The summed E-state index contributed by atoms with van der Waals surface area (Å²) >= 11 is 0. The van der Waals surface area contributed by atoms with Crippen LogP contribution in [0.2, 0.25) is 0 Å². The van der Waals surface area contributed by atoms with Crippen molar-refractivity contribution in [1.29, 1.82) is 0 Å². The number of carbonyl (C=O) groups is 1. The lowest BCUT2D eigenvalue weighted by molar-refractivity contribution is 0.00665. The molecule has 0 unspecified atom stereocenters. The number of benzene rings is 1. The summed E-state index contributed by atoms with van der Waals surface area (Å²) in [7, 11) is 0. The van der Waals surface area contributed by atoms with E-state index in [1.807, 2.05) is 52.8 Å². The fraction of sp³-hybridized carbons (Fsp3) is 0.533. The first-order chi connectivity index (χ1) is 8.72. The van der Waals surface area contributed by atoms with Crippen LogP contribution in [0.25, 0.3) is 0 Å². The van der Waals surface area contributed by atoms with Crippen molar-refractivity contribution in [3.05, 3.63) is 35.4 Å². The molecule has 1 aliphatic heterocycles. The molecule has 0 radical (unpaired) electrons. The minimum Gasteiger partial charge on any atom is -0.456 e. The molecule has 0 N–H and O–H groups in total. The third-order valence-corrected chi connectivity index (χ3v) is 3.02. The second-order valence-electron chi connectivity index (χ2n) is 6.29. The molecular weight excluding hydrogens is 244 g/mol. The van der Waals surface area contributed by atoms with Gasteiger partial charge in [0.15, 0.2) is 0 Å². The van der Waals surface area contributed by atoms with E-state index < -0.39 is 11.0 Å². The Morgan fingerprint density at radius 3 is 2.21 bits per heavy atom. The Morgan fingerprint density at radius 1 is 1.11 bits per heavy atom. The maximum absolute atomic E-state index is 12.3. The lowest BCUT2D eigenvalue weighted by Gasteiger charge is -2.25. The molecule has 4 nitrogen and oxygen atoms in total. The molecule has 1 fully saturated rings. The average Bonchev–Trinajstić information content (AvgIpc) is 3.10. The highest BCUT2D eigenvalue weighted by Crippen LogP contribution is 2.38. The average molecular weight is 264 g/mol. The van der Waals surface area contributed by atoms with Gasteiger partial charge in [-0.2, -0.15) is 9.78 Å². The molecule has 1 aliphatic rings. The number of rotatable bonds is 3. The molecule has 1 aromatic rings. The molecule has 1 aromatic carbocycles. The van der Waals surface area contributed by atoms with Crippen molar-refractivity contribution in [3.63, 3.8) is 0 Å². The quantitative estimate of drug-likeness (QED) is 0.478. The van der Waals surface area contributed by atoms with Crippen molar-refractivity contribution in [3.8, 4) is 0 Å². The molecule has 1 saturated heterocycles. The van der Waals surface area contributed by atoms with Gasteiger partial charge in [0, 0.05) is 5.41 Å². The first-order valence-corrected chi connectivity index (χ1v) is 6.37. The van der Waals surface area contributed by atoms with Gasteiger partial charge in [-0.3, -0.25) is 0 Å². The molecule has 1 heterocycles. The fourth-order valence-corrected chi connectivity index (χ4v) is 1.95. The third kappa shape index (κ3) is 3.14. The van der Waals surface area contributed by atoms with Crippen LogP contribution in [-0.4, -0.2) is 17.9 Å². The maximum Gasteiger partial charge on any atom is 0.338 e. The van der Waals surface area contributed by atoms with Crippen LogP contribution < -0.4 is 0 Å². The van der Waals surface area contributed by atoms with E-state index in [-0.39, 0.29) is 12.3 Å². The molecule has 0 spiro atoms. The van der Waals surface area contributed by atoms with E-state index in [1.165, 1.54) is 0 Å². The van der Waals surface area contributed by atoms with E-state index in [1.54, 1.807) is 6.07 Å². The Balaban J connectivity index is 2.33. The van der Waals surface area contributed by atoms with E-state index in [9.17, 15) is 4.79 Å². The summed E-state index contributed by atoms with van der Waals surface area (Å²) < 4.78 is 5.44. The van der Waals surface area contributed by atoms with Gasteiger partial charge >= 0.3 is 5.97 Å². The van der Waals surface area contributed by atoms with E-state index >= 15 is 0 Å². The minimum atomic E-state index is -0.513. The van der Waals surface area contributed by atoms with Crippen molar-refractivity contribution in [2.24, 2.45) is 0 Å². The van der Waals surface area contributed by atoms with Crippen LogP contribution in [0.3, 0.4) is 0 Å². The Morgan fingerprint density at radius 2 is 1.68 bits per heavy atom. The first kappa shape index (κ1) is 14.0. The largest absolute Gasteiger partial charge is 0.456 e. The van der Waals surface area contributed by atoms with Gasteiger partial charge < -0.3 is 4.74 Å². The zero-order valence-corrected chi connectivity index (χ0v) is 12.0. The summed E-state index contributed by atoms with van der Waals surface area (Å²) in [6.07, 6.45) is -0.309. The Bertz CT molecular complexity index is 481. The summed E-state index contributed by atoms with van der Waals surface area (Å²) in [6, 6.07) is 7.40. The minimum absolute atomic E-state index is 0.309. The van der Waals surface area contributed by atoms with Crippen LogP contribution in [0.15, 0.2) is 24.3 Å². The Kier molecular flexibility index (Phi) is 3.41. The summed E-state index contributed by atoms with van der Waals surface area (Å²) in [5.41, 5.74) is 0.516. The van der Waals surface area contributed by atoms with Crippen molar-refractivity contribution in [2.45, 2.75) is 51.9 Å². The number of carbonyl (C=O) groups excluding carboxylic acids is 1. The van der Waals surface area contributed by atoms with Crippen molar-refractivity contribution in [1.82, 2.24) is 0 Å². The van der Waals surface area contributed by atoms with Gasteiger partial charge in [-0.25, -0.2) is 4.79 Å².